The molecule has 3 atom stereocenters. The Morgan fingerprint density at radius 1 is 1.40 bits per heavy atom. The minimum Gasteiger partial charge on any atom is -0.466 e. The van der Waals surface area contributed by atoms with E-state index < -0.39 is 0 Å². The standard InChI is InChI=1S/C19H25N3O3/c1-12-10-16(12)17-7-5-15(24-17)6-8-18(23)22-9-3-4-14(11-22)19-20-13(2)25-21-19/h5,7,12,14,16H,3-4,6,8-11H2,1-2H3/t12-,14+,16+/m0/s1. The maximum atomic E-state index is 12.6. The zero-order valence-electron chi connectivity index (χ0n) is 14.9. The molecule has 0 aromatic carbocycles. The van der Waals surface area contributed by atoms with Gasteiger partial charge in [-0.3, -0.25) is 4.79 Å². The Balaban J connectivity index is 1.30. The lowest BCUT2D eigenvalue weighted by Crippen LogP contribution is -2.39. The van der Waals surface area contributed by atoms with E-state index in [2.05, 4.69) is 23.1 Å². The smallest absolute Gasteiger partial charge is 0.223 e. The molecule has 2 aromatic rings. The lowest BCUT2D eigenvalue weighted by atomic mass is 9.97. The molecule has 1 amide bonds. The number of aryl methyl sites for hydroxylation is 2. The second kappa shape index (κ2) is 6.65. The molecule has 4 rings (SSSR count). The molecule has 0 N–H and O–H groups in total. The van der Waals surface area contributed by atoms with Crippen LogP contribution in [0.3, 0.4) is 0 Å². The maximum Gasteiger partial charge on any atom is 0.223 e. The van der Waals surface area contributed by atoms with E-state index in [-0.39, 0.29) is 11.8 Å². The summed E-state index contributed by atoms with van der Waals surface area (Å²) in [5.74, 6) is 5.00. The van der Waals surface area contributed by atoms with Crippen LogP contribution in [0, 0.1) is 12.8 Å². The number of amides is 1. The Kier molecular flexibility index (Phi) is 4.36. The average molecular weight is 343 g/mol. The molecule has 6 heteroatoms. The van der Waals surface area contributed by atoms with Gasteiger partial charge >= 0.3 is 0 Å². The topological polar surface area (TPSA) is 72.4 Å². The van der Waals surface area contributed by atoms with Crippen LogP contribution in [0.25, 0.3) is 0 Å². The van der Waals surface area contributed by atoms with Gasteiger partial charge in [-0.25, -0.2) is 0 Å². The summed E-state index contributed by atoms with van der Waals surface area (Å²) < 4.78 is 11.0. The largest absolute Gasteiger partial charge is 0.466 e. The van der Waals surface area contributed by atoms with Gasteiger partial charge in [-0.2, -0.15) is 4.98 Å². The van der Waals surface area contributed by atoms with E-state index in [1.807, 2.05) is 11.0 Å². The Morgan fingerprint density at radius 2 is 2.24 bits per heavy atom. The van der Waals surface area contributed by atoms with E-state index in [4.69, 9.17) is 8.94 Å². The van der Waals surface area contributed by atoms with Gasteiger partial charge in [0.05, 0.1) is 0 Å². The molecule has 1 aliphatic carbocycles. The van der Waals surface area contributed by atoms with Crippen molar-refractivity contribution in [2.45, 2.75) is 57.8 Å². The van der Waals surface area contributed by atoms with Gasteiger partial charge in [-0.15, -0.1) is 0 Å². The number of carbonyl (C=O) groups is 1. The highest BCUT2D eigenvalue weighted by Crippen LogP contribution is 2.47. The number of carbonyl (C=O) groups excluding carboxylic acids is 1. The molecule has 2 fully saturated rings. The van der Waals surface area contributed by atoms with E-state index in [1.54, 1.807) is 6.92 Å². The van der Waals surface area contributed by atoms with Gasteiger partial charge in [0.1, 0.15) is 11.5 Å². The summed E-state index contributed by atoms with van der Waals surface area (Å²) in [6, 6.07) is 4.10. The van der Waals surface area contributed by atoms with Crippen LogP contribution in [0.15, 0.2) is 21.1 Å². The van der Waals surface area contributed by atoms with E-state index >= 15 is 0 Å². The molecular weight excluding hydrogens is 318 g/mol. The molecule has 134 valence electrons. The first kappa shape index (κ1) is 16.4. The zero-order chi connectivity index (χ0) is 17.4. The van der Waals surface area contributed by atoms with Gasteiger partial charge in [0.25, 0.3) is 0 Å². The summed E-state index contributed by atoms with van der Waals surface area (Å²) in [6.45, 7) is 5.53. The Labute approximate surface area is 147 Å². The first-order chi connectivity index (χ1) is 12.1. The van der Waals surface area contributed by atoms with Gasteiger partial charge in [-0.1, -0.05) is 12.1 Å². The number of nitrogens with zero attached hydrogens (tertiary/aromatic N) is 3. The molecule has 25 heavy (non-hydrogen) atoms. The first-order valence-corrected chi connectivity index (χ1v) is 9.26. The minimum atomic E-state index is 0.182. The summed E-state index contributed by atoms with van der Waals surface area (Å²) in [4.78, 5) is 18.8. The van der Waals surface area contributed by atoms with Gasteiger partial charge in [0, 0.05) is 44.7 Å². The monoisotopic (exact) mass is 343 g/mol. The Hall–Kier alpha value is -2.11. The fraction of sp³-hybridized carbons (Fsp3) is 0.632. The van der Waals surface area contributed by atoms with Crippen LogP contribution >= 0.6 is 0 Å². The maximum absolute atomic E-state index is 12.6. The van der Waals surface area contributed by atoms with Crippen LogP contribution in [0.2, 0.25) is 0 Å². The van der Waals surface area contributed by atoms with E-state index in [1.165, 1.54) is 6.42 Å². The van der Waals surface area contributed by atoms with E-state index in [0.717, 1.165) is 42.6 Å². The van der Waals surface area contributed by atoms with Gasteiger partial charge in [-0.05, 0) is 37.3 Å². The molecule has 1 saturated carbocycles. The minimum absolute atomic E-state index is 0.182. The predicted octanol–water partition coefficient (Wildman–Crippen LogP) is 3.43. The fourth-order valence-electron chi connectivity index (χ4n) is 3.73. The Morgan fingerprint density at radius 3 is 2.96 bits per heavy atom. The van der Waals surface area contributed by atoms with Crippen molar-refractivity contribution in [3.8, 4) is 0 Å². The van der Waals surface area contributed by atoms with Gasteiger partial charge in [0.15, 0.2) is 5.82 Å². The van der Waals surface area contributed by atoms with Crippen LogP contribution in [0.1, 0.15) is 67.7 Å². The SMILES string of the molecule is Cc1nc([C@@H]2CCCN(C(=O)CCc3ccc([C@@H]4C[C@@H]4C)o3)C2)no1. The average Bonchev–Trinajstić information content (AvgIpc) is 3.02. The van der Waals surface area contributed by atoms with Gasteiger partial charge in [0.2, 0.25) is 11.8 Å². The van der Waals surface area contributed by atoms with Crippen molar-refractivity contribution in [1.29, 1.82) is 0 Å². The summed E-state index contributed by atoms with van der Waals surface area (Å²) in [5.41, 5.74) is 0. The quantitative estimate of drug-likeness (QED) is 0.831. The van der Waals surface area contributed by atoms with E-state index in [9.17, 15) is 4.79 Å². The highest BCUT2D eigenvalue weighted by Gasteiger charge is 2.36. The van der Waals surface area contributed by atoms with Crippen LogP contribution in [-0.2, 0) is 11.2 Å². The van der Waals surface area contributed by atoms with Crippen LogP contribution in [0.5, 0.6) is 0 Å². The summed E-state index contributed by atoms with van der Waals surface area (Å²) >= 11 is 0. The molecule has 1 aliphatic heterocycles. The number of rotatable bonds is 5. The molecule has 0 bridgehead atoms. The van der Waals surface area contributed by atoms with E-state index in [0.29, 0.717) is 31.2 Å². The van der Waals surface area contributed by atoms with Crippen molar-refractivity contribution in [2.24, 2.45) is 5.92 Å². The van der Waals surface area contributed by atoms with Crippen molar-refractivity contribution < 1.29 is 13.7 Å². The Bertz CT molecular complexity index is 751. The zero-order valence-corrected chi connectivity index (χ0v) is 14.9. The number of furan rings is 1. The number of hydrogen-bond donors (Lipinski definition) is 0. The molecule has 1 saturated heterocycles. The van der Waals surface area contributed by atoms with Crippen molar-refractivity contribution >= 4 is 5.91 Å². The highest BCUT2D eigenvalue weighted by molar-refractivity contribution is 5.76. The second-order valence-corrected chi connectivity index (χ2v) is 7.47. The van der Waals surface area contributed by atoms with Crippen LogP contribution in [0.4, 0.5) is 0 Å². The lowest BCUT2D eigenvalue weighted by molar-refractivity contribution is -0.132. The third kappa shape index (κ3) is 3.62. The summed E-state index contributed by atoms with van der Waals surface area (Å²) in [5, 5.41) is 4.02. The molecule has 3 heterocycles. The van der Waals surface area contributed by atoms with Crippen LogP contribution in [-0.4, -0.2) is 34.0 Å². The molecule has 2 aliphatic rings. The number of aromatic nitrogens is 2. The molecular formula is C19H25N3O3. The summed E-state index contributed by atoms with van der Waals surface area (Å²) in [7, 11) is 0. The fourth-order valence-corrected chi connectivity index (χ4v) is 3.73. The first-order valence-electron chi connectivity index (χ1n) is 9.26. The third-order valence-electron chi connectivity index (χ3n) is 5.43. The van der Waals surface area contributed by atoms with Crippen molar-refractivity contribution in [2.75, 3.05) is 13.1 Å². The number of piperidine rings is 1. The normalized spacial score (nSPS) is 26.0. The van der Waals surface area contributed by atoms with Crippen molar-refractivity contribution in [3.05, 3.63) is 35.4 Å². The molecule has 0 radical (unpaired) electrons. The third-order valence-corrected chi connectivity index (χ3v) is 5.43. The molecule has 0 spiro atoms. The molecule has 6 nitrogen and oxygen atoms in total. The van der Waals surface area contributed by atoms with Crippen molar-refractivity contribution in [1.82, 2.24) is 15.0 Å². The van der Waals surface area contributed by atoms with Crippen LogP contribution < -0.4 is 0 Å². The lowest BCUT2D eigenvalue weighted by Gasteiger charge is -2.31. The number of likely N-dealkylation sites (tertiary alicyclic amines) is 1. The molecule has 0 unspecified atom stereocenters. The van der Waals surface area contributed by atoms with Crippen molar-refractivity contribution in [3.63, 3.8) is 0 Å². The molecule has 2 aromatic heterocycles. The second-order valence-electron chi connectivity index (χ2n) is 7.47. The highest BCUT2D eigenvalue weighted by atomic mass is 16.5. The predicted molar refractivity (Wildman–Crippen MR) is 91.1 cm³/mol. The summed E-state index contributed by atoms with van der Waals surface area (Å²) in [6.07, 6.45) is 4.36. The number of hydrogen-bond acceptors (Lipinski definition) is 5. The van der Waals surface area contributed by atoms with Gasteiger partial charge < -0.3 is 13.8 Å².